The molecule has 0 fully saturated rings. The fourth-order valence-corrected chi connectivity index (χ4v) is 4.62. The highest BCUT2D eigenvalue weighted by atomic mass is 79.9. The number of nitrogens with one attached hydrogen (secondary N) is 3. The summed E-state index contributed by atoms with van der Waals surface area (Å²) in [6.07, 6.45) is 1.63. The molecule has 0 atom stereocenters. The third-order valence-corrected chi connectivity index (χ3v) is 6.53. The van der Waals surface area contributed by atoms with Gasteiger partial charge in [0.2, 0.25) is 17.0 Å². The van der Waals surface area contributed by atoms with Crippen molar-refractivity contribution >= 4 is 68.1 Å². The summed E-state index contributed by atoms with van der Waals surface area (Å²) in [6, 6.07) is 9.65. The Kier molecular flexibility index (Phi) is 8.58. The predicted octanol–water partition coefficient (Wildman–Crippen LogP) is 4.16. The van der Waals surface area contributed by atoms with E-state index in [1.54, 1.807) is 20.1 Å². The third-order valence-electron chi connectivity index (χ3n) is 4.00. The van der Waals surface area contributed by atoms with Crippen molar-refractivity contribution in [3.05, 3.63) is 50.3 Å². The molecule has 33 heavy (non-hydrogen) atoms. The van der Waals surface area contributed by atoms with Gasteiger partial charge in [0.15, 0.2) is 0 Å². The van der Waals surface area contributed by atoms with E-state index in [4.69, 9.17) is 4.74 Å². The first-order valence-electron chi connectivity index (χ1n) is 9.51. The minimum atomic E-state index is -0.519. The highest BCUT2D eigenvalue weighted by molar-refractivity contribution is 9.10. The molecule has 2 aromatic heterocycles. The summed E-state index contributed by atoms with van der Waals surface area (Å²) in [7, 11) is 0. The van der Waals surface area contributed by atoms with Crippen molar-refractivity contribution in [2.24, 2.45) is 5.10 Å². The molecule has 3 aromatic rings. The van der Waals surface area contributed by atoms with E-state index in [1.807, 2.05) is 30.3 Å². The van der Waals surface area contributed by atoms with Crippen LogP contribution in [0.25, 0.3) is 0 Å². The smallest absolute Gasteiger partial charge is 0.348 e. The molecule has 170 valence electrons. The molecule has 0 aliphatic rings. The molecule has 0 unspecified atom stereocenters. The van der Waals surface area contributed by atoms with Crippen LogP contribution in [0.5, 0.6) is 0 Å². The number of hydrogen-bond donors (Lipinski definition) is 3. The molecule has 2 heterocycles. The number of rotatable bonds is 9. The van der Waals surface area contributed by atoms with Crippen LogP contribution in [-0.4, -0.2) is 45.6 Å². The van der Waals surface area contributed by atoms with Crippen LogP contribution in [0, 0.1) is 18.3 Å². The van der Waals surface area contributed by atoms with E-state index in [9.17, 15) is 14.9 Å². The summed E-state index contributed by atoms with van der Waals surface area (Å²) in [4.78, 5) is 28.9. The van der Waals surface area contributed by atoms with Gasteiger partial charge in [-0.2, -0.15) is 15.3 Å². The number of H-pyrrole nitrogens is 1. The van der Waals surface area contributed by atoms with Crippen molar-refractivity contribution in [2.75, 3.05) is 23.1 Å². The quantitative estimate of drug-likeness (QED) is 0.156. The second-order valence-corrected chi connectivity index (χ2v) is 9.20. The van der Waals surface area contributed by atoms with Crippen molar-refractivity contribution in [1.29, 1.82) is 5.26 Å². The summed E-state index contributed by atoms with van der Waals surface area (Å²) < 4.78 is 5.94. The average molecular weight is 548 g/mol. The molecule has 10 nitrogen and oxygen atoms in total. The average Bonchev–Trinajstić information content (AvgIpc) is 3.36. The molecular weight excluding hydrogens is 530 g/mol. The SMILES string of the molecule is CCOC(=O)c1sc(NC(=O)CSc2n[nH]c(N/N=C\c3cccc(Br)c3)n2)c(C#N)c1C. The number of nitriles is 1. The summed E-state index contributed by atoms with van der Waals surface area (Å²) >= 11 is 5.52. The van der Waals surface area contributed by atoms with E-state index < -0.39 is 5.97 Å². The lowest BCUT2D eigenvalue weighted by Gasteiger charge is -2.01. The normalized spacial score (nSPS) is 10.7. The van der Waals surface area contributed by atoms with Crippen LogP contribution >= 0.6 is 39.0 Å². The van der Waals surface area contributed by atoms with E-state index in [0.717, 1.165) is 33.1 Å². The van der Waals surface area contributed by atoms with Crippen LogP contribution in [-0.2, 0) is 9.53 Å². The van der Waals surface area contributed by atoms with Gasteiger partial charge in [-0.3, -0.25) is 4.79 Å². The predicted molar refractivity (Wildman–Crippen MR) is 131 cm³/mol. The molecule has 0 aliphatic heterocycles. The Morgan fingerprint density at radius 2 is 2.27 bits per heavy atom. The third kappa shape index (κ3) is 6.64. The number of hydrogen-bond acceptors (Lipinski definition) is 10. The number of carbonyl (C=O) groups excluding carboxylic acids is 2. The first-order chi connectivity index (χ1) is 15.9. The lowest BCUT2D eigenvalue weighted by atomic mass is 10.2. The monoisotopic (exact) mass is 547 g/mol. The van der Waals surface area contributed by atoms with Gasteiger partial charge >= 0.3 is 5.97 Å². The minimum absolute atomic E-state index is 0.00909. The number of aromatic nitrogens is 3. The summed E-state index contributed by atoms with van der Waals surface area (Å²) in [5, 5.41) is 23.5. The Morgan fingerprint density at radius 3 is 3.00 bits per heavy atom. The van der Waals surface area contributed by atoms with Gasteiger partial charge in [-0.15, -0.1) is 16.4 Å². The number of anilines is 2. The van der Waals surface area contributed by atoms with Crippen molar-refractivity contribution in [3.63, 3.8) is 0 Å². The number of ether oxygens (including phenoxy) is 1. The number of thiophene rings is 1. The lowest BCUT2D eigenvalue weighted by molar-refractivity contribution is -0.113. The summed E-state index contributed by atoms with van der Waals surface area (Å²) in [6.45, 7) is 3.57. The number of hydrazone groups is 1. The van der Waals surface area contributed by atoms with E-state index in [0.29, 0.717) is 26.5 Å². The standard InChI is InChI=1S/C20H18BrN7O3S2/c1-3-31-18(30)16-11(2)14(8-22)17(33-16)24-15(29)10-32-20-25-19(27-28-20)26-23-9-12-5-4-6-13(21)7-12/h4-7,9H,3,10H2,1-2H3,(H,24,29)(H2,25,26,27,28)/b23-9-. The van der Waals surface area contributed by atoms with Crippen LogP contribution in [0.4, 0.5) is 10.9 Å². The fraction of sp³-hybridized carbons (Fsp3) is 0.200. The Hall–Kier alpha value is -3.21. The van der Waals surface area contributed by atoms with Crippen LogP contribution in [0.15, 0.2) is 39.0 Å². The van der Waals surface area contributed by atoms with Gasteiger partial charge in [0, 0.05) is 4.47 Å². The molecule has 3 N–H and O–H groups in total. The number of aromatic amines is 1. The van der Waals surface area contributed by atoms with Gasteiger partial charge in [0.25, 0.3) is 0 Å². The molecule has 1 amide bonds. The number of benzene rings is 1. The second-order valence-electron chi connectivity index (χ2n) is 6.32. The van der Waals surface area contributed by atoms with Crippen LogP contribution in [0.1, 0.15) is 33.3 Å². The van der Waals surface area contributed by atoms with E-state index in [-0.39, 0.29) is 23.8 Å². The molecule has 13 heteroatoms. The molecule has 0 saturated carbocycles. The van der Waals surface area contributed by atoms with Gasteiger partial charge in [0.1, 0.15) is 15.9 Å². The Labute approximate surface area is 206 Å². The highest BCUT2D eigenvalue weighted by Gasteiger charge is 2.22. The first kappa shape index (κ1) is 24.4. The second kappa shape index (κ2) is 11.6. The molecule has 0 bridgehead atoms. The number of thioether (sulfide) groups is 1. The number of amides is 1. The van der Waals surface area contributed by atoms with Gasteiger partial charge < -0.3 is 10.1 Å². The number of halogens is 1. The molecular formula is C20H18BrN7O3S2. The molecule has 3 rings (SSSR count). The number of carbonyl (C=O) groups is 2. The molecule has 0 saturated heterocycles. The Balaban J connectivity index is 1.54. The maximum Gasteiger partial charge on any atom is 0.348 e. The zero-order chi connectivity index (χ0) is 23.8. The van der Waals surface area contributed by atoms with Crippen LogP contribution in [0.2, 0.25) is 0 Å². The zero-order valence-electron chi connectivity index (χ0n) is 17.5. The first-order valence-corrected chi connectivity index (χ1v) is 12.1. The maximum atomic E-state index is 12.4. The van der Waals surface area contributed by atoms with Gasteiger partial charge in [0.05, 0.1) is 24.1 Å². The van der Waals surface area contributed by atoms with Crippen molar-refractivity contribution in [3.8, 4) is 6.07 Å². The van der Waals surface area contributed by atoms with Crippen molar-refractivity contribution in [1.82, 2.24) is 15.2 Å². The summed E-state index contributed by atoms with van der Waals surface area (Å²) in [5.74, 6) is -0.548. The van der Waals surface area contributed by atoms with E-state index in [2.05, 4.69) is 47.0 Å². The largest absolute Gasteiger partial charge is 0.462 e. The van der Waals surface area contributed by atoms with Gasteiger partial charge in [-0.1, -0.05) is 39.8 Å². The van der Waals surface area contributed by atoms with Crippen molar-refractivity contribution in [2.45, 2.75) is 19.0 Å². The molecule has 0 radical (unpaired) electrons. The van der Waals surface area contributed by atoms with Gasteiger partial charge in [-0.25, -0.2) is 15.3 Å². The van der Waals surface area contributed by atoms with E-state index in [1.165, 1.54) is 0 Å². The highest BCUT2D eigenvalue weighted by Crippen LogP contribution is 2.33. The van der Waals surface area contributed by atoms with Crippen LogP contribution in [0.3, 0.4) is 0 Å². The lowest BCUT2D eigenvalue weighted by Crippen LogP contribution is -2.14. The summed E-state index contributed by atoms with van der Waals surface area (Å²) in [5.41, 5.74) is 4.36. The topological polar surface area (TPSA) is 145 Å². The van der Waals surface area contributed by atoms with Crippen molar-refractivity contribution < 1.29 is 14.3 Å². The molecule has 0 aliphatic carbocycles. The number of esters is 1. The fourth-order valence-electron chi connectivity index (χ4n) is 2.54. The number of nitrogens with zero attached hydrogens (tertiary/aromatic N) is 4. The van der Waals surface area contributed by atoms with E-state index >= 15 is 0 Å². The molecule has 1 aromatic carbocycles. The van der Waals surface area contributed by atoms with Gasteiger partial charge in [-0.05, 0) is 37.1 Å². The Bertz CT molecular complexity index is 1230. The molecule has 0 spiro atoms. The zero-order valence-corrected chi connectivity index (χ0v) is 20.7. The van der Waals surface area contributed by atoms with Crippen LogP contribution < -0.4 is 10.7 Å². The maximum absolute atomic E-state index is 12.4. The Morgan fingerprint density at radius 1 is 1.45 bits per heavy atom. The minimum Gasteiger partial charge on any atom is -0.462 e.